The van der Waals surface area contributed by atoms with Crippen LogP contribution in [0.25, 0.3) is 0 Å². The summed E-state index contributed by atoms with van der Waals surface area (Å²) in [5, 5.41) is 0. The minimum atomic E-state index is -8.79. The molecule has 0 saturated heterocycles. The molecule has 0 aromatic rings. The maximum absolute atomic E-state index is 13.3. The van der Waals surface area contributed by atoms with Gasteiger partial charge in [0.1, 0.15) is 0 Å². The van der Waals surface area contributed by atoms with E-state index < -0.39 is 63.7 Å². The molecule has 0 spiro atoms. The second-order valence-corrected chi connectivity index (χ2v) is 7.25. The van der Waals surface area contributed by atoms with Crippen molar-refractivity contribution in [3.05, 3.63) is 0 Å². The Morgan fingerprint density at radius 2 is 0.781 bits per heavy atom. The fraction of sp³-hybridized carbons (Fsp3) is 1.00. The Morgan fingerprint density at radius 1 is 0.531 bits per heavy atom. The van der Waals surface area contributed by atoms with Crippen molar-refractivity contribution in [1.29, 1.82) is 0 Å². The van der Waals surface area contributed by atoms with Crippen LogP contribution in [-0.2, 0) is 14.3 Å². The molecule has 0 aliphatic heterocycles. The molecule has 32 heavy (non-hydrogen) atoms. The molecule has 0 rings (SSSR count). The van der Waals surface area contributed by atoms with Crippen LogP contribution >= 0.6 is 0 Å². The van der Waals surface area contributed by atoms with E-state index in [2.05, 4.69) is 4.18 Å². The van der Waals surface area contributed by atoms with Crippen LogP contribution in [0.5, 0.6) is 0 Å². The Kier molecular flexibility index (Phi) is 9.26. The Balaban J connectivity index is 0. The zero-order valence-electron chi connectivity index (χ0n) is 13.8. The first-order valence-corrected chi connectivity index (χ1v) is 8.24. The summed E-state index contributed by atoms with van der Waals surface area (Å²) in [6.07, 6.45) is -15.3. The molecule has 0 aromatic carbocycles. The first-order valence-electron chi connectivity index (χ1n) is 6.66. The van der Waals surface area contributed by atoms with Gasteiger partial charge in [-0.05, 0) is 6.92 Å². The van der Waals surface area contributed by atoms with Gasteiger partial charge in [0.15, 0.2) is 0 Å². The van der Waals surface area contributed by atoms with E-state index in [9.17, 15) is 83.1 Å². The maximum atomic E-state index is 13.3. The predicted molar refractivity (Wildman–Crippen MR) is 68.4 cm³/mol. The van der Waals surface area contributed by atoms with Crippen molar-refractivity contribution in [2.45, 2.75) is 54.7 Å². The molecule has 22 heteroatoms. The standard InChI is InChI=1S/C10H5F17O3S.Na.H/c1-2-31(28,29)30-10(26,27)8(21,22)6(17,18)4(13,14)3(11,12)5(15,16)7(19,20)9(23,24)25;;/h2H2,1H3;;. The summed E-state index contributed by atoms with van der Waals surface area (Å²) in [7, 11) is -5.99. The van der Waals surface area contributed by atoms with Gasteiger partial charge in [-0.3, -0.25) is 0 Å². The van der Waals surface area contributed by atoms with Gasteiger partial charge in [-0.25, -0.2) is 0 Å². The van der Waals surface area contributed by atoms with Gasteiger partial charge >= 0.3 is 77.4 Å². The van der Waals surface area contributed by atoms with Crippen molar-refractivity contribution in [3.8, 4) is 0 Å². The van der Waals surface area contributed by atoms with Crippen LogP contribution in [0.15, 0.2) is 0 Å². The summed E-state index contributed by atoms with van der Waals surface area (Å²) in [5.41, 5.74) is 0. The van der Waals surface area contributed by atoms with Crippen LogP contribution in [0.4, 0.5) is 74.6 Å². The second-order valence-electron chi connectivity index (χ2n) is 5.39. The molecule has 0 atom stereocenters. The number of hydrogen-bond acceptors (Lipinski definition) is 3. The third-order valence-corrected chi connectivity index (χ3v) is 4.45. The summed E-state index contributed by atoms with van der Waals surface area (Å²) in [6, 6.07) is 0. The molecule has 0 fully saturated rings. The van der Waals surface area contributed by atoms with Gasteiger partial charge in [0.25, 0.3) is 10.1 Å². The van der Waals surface area contributed by atoms with Gasteiger partial charge in [0.2, 0.25) is 0 Å². The van der Waals surface area contributed by atoms with E-state index in [-0.39, 0.29) is 29.6 Å². The summed E-state index contributed by atoms with van der Waals surface area (Å²) in [5.74, 6) is -53.0. The fourth-order valence-corrected chi connectivity index (χ4v) is 1.96. The van der Waals surface area contributed by atoms with E-state index in [0.717, 1.165) is 0 Å². The molecule has 0 radical (unpaired) electrons. The zero-order chi connectivity index (χ0) is 25.9. The predicted octanol–water partition coefficient (Wildman–Crippen LogP) is 4.67. The Hall–Kier alpha value is -0.280. The molecule has 0 heterocycles. The topological polar surface area (TPSA) is 43.4 Å². The normalized spacial score (nSPS) is 16.1. The number of hydrogen-bond donors (Lipinski definition) is 0. The van der Waals surface area contributed by atoms with E-state index >= 15 is 0 Å². The van der Waals surface area contributed by atoms with Gasteiger partial charge in [-0.2, -0.15) is 87.2 Å². The van der Waals surface area contributed by atoms with Crippen molar-refractivity contribution in [3.63, 3.8) is 0 Å². The van der Waals surface area contributed by atoms with Crippen LogP contribution in [0.3, 0.4) is 0 Å². The van der Waals surface area contributed by atoms with Crippen LogP contribution in [0.2, 0.25) is 0 Å². The monoisotopic (exact) mass is 552 g/mol. The third kappa shape index (κ3) is 4.77. The Morgan fingerprint density at radius 3 is 1.03 bits per heavy atom. The van der Waals surface area contributed by atoms with Crippen molar-refractivity contribution < 1.29 is 87.2 Å². The molecule has 0 aliphatic rings. The van der Waals surface area contributed by atoms with E-state index in [1.54, 1.807) is 0 Å². The molecule has 190 valence electrons. The molecular weight excluding hydrogens is 546 g/mol. The van der Waals surface area contributed by atoms with Gasteiger partial charge < -0.3 is 0 Å². The van der Waals surface area contributed by atoms with Crippen molar-refractivity contribution in [2.24, 2.45) is 0 Å². The minimum absolute atomic E-state index is 0. The molecular formula is C10H6F17NaO3S. The first kappa shape index (κ1) is 33.9. The van der Waals surface area contributed by atoms with Gasteiger partial charge in [-0.15, -0.1) is 0 Å². The molecule has 0 amide bonds. The Labute approximate surface area is 187 Å². The van der Waals surface area contributed by atoms with E-state index in [1.807, 2.05) is 0 Å². The zero-order valence-corrected chi connectivity index (χ0v) is 14.6. The van der Waals surface area contributed by atoms with Crippen LogP contribution < -0.4 is 0 Å². The number of halogens is 17. The average Bonchev–Trinajstić information content (AvgIpc) is 2.51. The van der Waals surface area contributed by atoms with Crippen molar-refractivity contribution in [2.75, 3.05) is 5.75 Å². The Bertz CT molecular complexity index is 772. The number of alkyl halides is 17. The molecule has 0 unspecified atom stereocenters. The SMILES string of the molecule is CCS(=O)(=O)OC(F)(F)C(F)(F)C(F)(F)C(F)(F)C(F)(F)C(F)(F)C(F)(F)C(F)(F)F.[NaH]. The van der Waals surface area contributed by atoms with Crippen molar-refractivity contribution in [1.82, 2.24) is 0 Å². The summed E-state index contributed by atoms with van der Waals surface area (Å²) in [4.78, 5) is 0. The number of rotatable bonds is 9. The van der Waals surface area contributed by atoms with Crippen LogP contribution in [0.1, 0.15) is 6.92 Å². The van der Waals surface area contributed by atoms with Gasteiger partial charge in [0.05, 0.1) is 5.75 Å². The van der Waals surface area contributed by atoms with Crippen molar-refractivity contribution >= 4 is 39.7 Å². The molecule has 3 nitrogen and oxygen atoms in total. The second kappa shape index (κ2) is 8.74. The van der Waals surface area contributed by atoms with Crippen LogP contribution in [-0.4, -0.2) is 91.5 Å². The quantitative estimate of drug-likeness (QED) is 0.238. The van der Waals surface area contributed by atoms with Crippen LogP contribution in [0, 0.1) is 0 Å². The summed E-state index contributed by atoms with van der Waals surface area (Å²) >= 11 is 0. The third-order valence-electron chi connectivity index (χ3n) is 3.28. The molecule has 0 aliphatic carbocycles. The van der Waals surface area contributed by atoms with E-state index in [0.29, 0.717) is 6.92 Å². The molecule has 0 bridgehead atoms. The van der Waals surface area contributed by atoms with E-state index in [4.69, 9.17) is 0 Å². The van der Waals surface area contributed by atoms with E-state index in [1.165, 1.54) is 0 Å². The van der Waals surface area contributed by atoms with Gasteiger partial charge in [-0.1, -0.05) is 0 Å². The molecule has 0 saturated carbocycles. The summed E-state index contributed by atoms with van der Waals surface area (Å²) < 4.78 is 242. The first-order chi connectivity index (χ1) is 13.0. The van der Waals surface area contributed by atoms with Gasteiger partial charge in [0, 0.05) is 0 Å². The molecule has 0 N–H and O–H groups in total. The molecule has 0 aromatic heterocycles. The average molecular weight is 552 g/mol. The fourth-order valence-electron chi connectivity index (χ4n) is 1.42. The summed E-state index contributed by atoms with van der Waals surface area (Å²) in [6.45, 7) is 0.310.